The third-order valence-corrected chi connectivity index (χ3v) is 3.56. The van der Waals surface area contributed by atoms with Crippen LogP contribution in [0.4, 0.5) is 0 Å². The van der Waals surface area contributed by atoms with Gasteiger partial charge in [-0.2, -0.15) is 0 Å². The van der Waals surface area contributed by atoms with Crippen LogP contribution in [0.25, 0.3) is 0 Å². The zero-order chi connectivity index (χ0) is 16.1. The molecule has 0 saturated carbocycles. The van der Waals surface area contributed by atoms with Gasteiger partial charge < -0.3 is 15.5 Å². The Kier molecular flexibility index (Phi) is 5.57. The van der Waals surface area contributed by atoms with E-state index >= 15 is 0 Å². The quantitative estimate of drug-likeness (QED) is 0.855. The molecule has 22 heavy (non-hydrogen) atoms. The van der Waals surface area contributed by atoms with Crippen LogP contribution in [0, 0.1) is 5.92 Å². The number of nitrogens with two attached hydrogens (primary N) is 1. The highest BCUT2D eigenvalue weighted by atomic mass is 35.5. The van der Waals surface area contributed by atoms with Gasteiger partial charge in [0.25, 0.3) is 5.91 Å². The van der Waals surface area contributed by atoms with Gasteiger partial charge in [-0.15, -0.1) is 0 Å². The molecule has 6 heteroatoms. The minimum atomic E-state index is -0.313. The Morgan fingerprint density at radius 1 is 1.41 bits per heavy atom. The number of oxazole rings is 1. The molecule has 0 aliphatic carbocycles. The Hall–Kier alpha value is -1.85. The van der Waals surface area contributed by atoms with E-state index in [2.05, 4.69) is 24.1 Å². The number of benzene rings is 1. The van der Waals surface area contributed by atoms with Crippen molar-refractivity contribution in [3.63, 3.8) is 0 Å². The number of aromatic nitrogens is 1. The monoisotopic (exact) mass is 321 g/mol. The molecule has 1 unspecified atom stereocenters. The normalized spacial score (nSPS) is 12.4. The Morgan fingerprint density at radius 3 is 2.82 bits per heavy atom. The van der Waals surface area contributed by atoms with Gasteiger partial charge in [-0.3, -0.25) is 4.79 Å². The molecule has 0 spiro atoms. The van der Waals surface area contributed by atoms with Crippen molar-refractivity contribution in [3.05, 3.63) is 52.7 Å². The summed E-state index contributed by atoms with van der Waals surface area (Å²) in [5.41, 5.74) is 7.06. The van der Waals surface area contributed by atoms with Gasteiger partial charge in [-0.25, -0.2) is 4.98 Å². The van der Waals surface area contributed by atoms with Gasteiger partial charge in [-0.1, -0.05) is 43.6 Å². The standard InChI is InChI=1S/C16H20ClN3O2/c1-10(2)7-13(18)16-20-14(9-22-16)15(21)19-8-11-5-3-4-6-12(11)17/h3-6,9-10,13H,7-8,18H2,1-2H3,(H,19,21). The number of halogens is 1. The van der Waals surface area contributed by atoms with Crippen LogP contribution >= 0.6 is 11.6 Å². The van der Waals surface area contributed by atoms with Crippen molar-refractivity contribution in [3.8, 4) is 0 Å². The van der Waals surface area contributed by atoms with Crippen molar-refractivity contribution in [2.75, 3.05) is 0 Å². The number of carbonyl (C=O) groups excluding carboxylic acids is 1. The molecule has 118 valence electrons. The number of rotatable bonds is 6. The summed E-state index contributed by atoms with van der Waals surface area (Å²) < 4.78 is 5.30. The van der Waals surface area contributed by atoms with E-state index in [0.717, 1.165) is 12.0 Å². The topological polar surface area (TPSA) is 81.1 Å². The lowest BCUT2D eigenvalue weighted by atomic mass is 10.0. The number of hydrogen-bond acceptors (Lipinski definition) is 4. The molecule has 0 bridgehead atoms. The van der Waals surface area contributed by atoms with Crippen LogP contribution in [-0.4, -0.2) is 10.9 Å². The number of carbonyl (C=O) groups is 1. The van der Waals surface area contributed by atoms with Crippen molar-refractivity contribution in [1.82, 2.24) is 10.3 Å². The lowest BCUT2D eigenvalue weighted by molar-refractivity contribution is 0.0946. The van der Waals surface area contributed by atoms with Crippen LogP contribution in [0.2, 0.25) is 5.02 Å². The molecule has 1 heterocycles. The first-order valence-electron chi connectivity index (χ1n) is 7.20. The molecule has 5 nitrogen and oxygen atoms in total. The predicted molar refractivity (Wildman–Crippen MR) is 85.5 cm³/mol. The summed E-state index contributed by atoms with van der Waals surface area (Å²) in [6.07, 6.45) is 2.08. The molecule has 1 amide bonds. The fraction of sp³-hybridized carbons (Fsp3) is 0.375. The van der Waals surface area contributed by atoms with Gasteiger partial charge in [-0.05, 0) is 24.0 Å². The van der Waals surface area contributed by atoms with Crippen molar-refractivity contribution < 1.29 is 9.21 Å². The third-order valence-electron chi connectivity index (χ3n) is 3.19. The van der Waals surface area contributed by atoms with E-state index in [0.29, 0.717) is 23.4 Å². The highest BCUT2D eigenvalue weighted by Gasteiger charge is 2.17. The average molecular weight is 322 g/mol. The van der Waals surface area contributed by atoms with Crippen LogP contribution in [0.3, 0.4) is 0 Å². The zero-order valence-electron chi connectivity index (χ0n) is 12.7. The third kappa shape index (κ3) is 4.32. The van der Waals surface area contributed by atoms with Crippen LogP contribution in [0.5, 0.6) is 0 Å². The molecule has 2 aromatic rings. The fourth-order valence-corrected chi connectivity index (χ4v) is 2.28. The molecule has 1 aromatic carbocycles. The van der Waals surface area contributed by atoms with E-state index in [1.807, 2.05) is 18.2 Å². The Morgan fingerprint density at radius 2 is 2.14 bits per heavy atom. The number of hydrogen-bond donors (Lipinski definition) is 2. The van der Waals surface area contributed by atoms with Gasteiger partial charge in [0.05, 0.1) is 6.04 Å². The Labute approximate surface area is 134 Å². The maximum absolute atomic E-state index is 12.1. The summed E-state index contributed by atoms with van der Waals surface area (Å²) in [7, 11) is 0. The fourth-order valence-electron chi connectivity index (χ4n) is 2.08. The largest absolute Gasteiger partial charge is 0.446 e. The Bertz CT molecular complexity index is 640. The Balaban J connectivity index is 1.96. The van der Waals surface area contributed by atoms with Crippen LogP contribution in [0.15, 0.2) is 34.9 Å². The van der Waals surface area contributed by atoms with Crippen molar-refractivity contribution >= 4 is 17.5 Å². The lowest BCUT2D eigenvalue weighted by Gasteiger charge is -2.09. The van der Waals surface area contributed by atoms with E-state index in [-0.39, 0.29) is 17.6 Å². The van der Waals surface area contributed by atoms with Crippen LogP contribution in [0.1, 0.15) is 48.3 Å². The zero-order valence-corrected chi connectivity index (χ0v) is 13.4. The number of nitrogens with zero attached hydrogens (tertiary/aromatic N) is 1. The molecule has 0 aliphatic heterocycles. The van der Waals surface area contributed by atoms with E-state index in [9.17, 15) is 4.79 Å². The summed E-state index contributed by atoms with van der Waals surface area (Å²) in [5.74, 6) is 0.502. The second-order valence-electron chi connectivity index (χ2n) is 5.58. The molecule has 0 aliphatic rings. The van der Waals surface area contributed by atoms with Gasteiger partial charge in [0.1, 0.15) is 6.26 Å². The summed E-state index contributed by atoms with van der Waals surface area (Å²) >= 11 is 6.05. The highest BCUT2D eigenvalue weighted by Crippen LogP contribution is 2.18. The highest BCUT2D eigenvalue weighted by molar-refractivity contribution is 6.31. The molecule has 0 radical (unpaired) electrons. The smallest absolute Gasteiger partial charge is 0.273 e. The van der Waals surface area contributed by atoms with Gasteiger partial charge in [0, 0.05) is 11.6 Å². The first kappa shape index (κ1) is 16.5. The average Bonchev–Trinajstić information content (AvgIpc) is 2.95. The molecule has 2 rings (SSSR count). The van der Waals surface area contributed by atoms with E-state index in [1.54, 1.807) is 6.07 Å². The van der Waals surface area contributed by atoms with E-state index in [4.69, 9.17) is 21.8 Å². The van der Waals surface area contributed by atoms with Crippen molar-refractivity contribution in [2.24, 2.45) is 11.7 Å². The molecule has 1 atom stereocenters. The molecule has 0 saturated heterocycles. The molecule has 1 aromatic heterocycles. The van der Waals surface area contributed by atoms with Crippen molar-refractivity contribution in [2.45, 2.75) is 32.9 Å². The van der Waals surface area contributed by atoms with Crippen LogP contribution < -0.4 is 11.1 Å². The van der Waals surface area contributed by atoms with Gasteiger partial charge >= 0.3 is 0 Å². The maximum atomic E-state index is 12.1. The predicted octanol–water partition coefficient (Wildman–Crippen LogP) is 3.30. The van der Waals surface area contributed by atoms with Gasteiger partial charge in [0.15, 0.2) is 5.69 Å². The number of amides is 1. The molecular formula is C16H20ClN3O2. The van der Waals surface area contributed by atoms with E-state index < -0.39 is 0 Å². The lowest BCUT2D eigenvalue weighted by Crippen LogP contribution is -2.23. The first-order valence-corrected chi connectivity index (χ1v) is 7.57. The van der Waals surface area contributed by atoms with E-state index in [1.165, 1.54) is 6.26 Å². The minimum absolute atomic E-state index is 0.223. The molecule has 3 N–H and O–H groups in total. The molecular weight excluding hydrogens is 302 g/mol. The van der Waals surface area contributed by atoms with Crippen molar-refractivity contribution in [1.29, 1.82) is 0 Å². The summed E-state index contributed by atoms with van der Waals surface area (Å²) in [6, 6.07) is 7.04. The second-order valence-corrected chi connectivity index (χ2v) is 5.99. The summed E-state index contributed by atoms with van der Waals surface area (Å²) in [6.45, 7) is 4.47. The second kappa shape index (κ2) is 7.42. The van der Waals surface area contributed by atoms with Gasteiger partial charge in [0.2, 0.25) is 5.89 Å². The SMILES string of the molecule is CC(C)CC(N)c1nc(C(=O)NCc2ccccc2Cl)co1. The molecule has 0 fully saturated rings. The summed E-state index contributed by atoms with van der Waals surface area (Å²) in [4.78, 5) is 16.2. The minimum Gasteiger partial charge on any atom is -0.446 e. The number of nitrogens with one attached hydrogen (secondary N) is 1. The summed E-state index contributed by atoms with van der Waals surface area (Å²) in [5, 5.41) is 3.38. The van der Waals surface area contributed by atoms with Crippen LogP contribution in [-0.2, 0) is 6.54 Å². The maximum Gasteiger partial charge on any atom is 0.273 e. The first-order chi connectivity index (χ1) is 10.5.